The Bertz CT molecular complexity index is 394. The van der Waals surface area contributed by atoms with Gasteiger partial charge in [-0.1, -0.05) is 0 Å². The maximum atomic E-state index is 11.5. The smallest absolute Gasteiger partial charge is 0.413 e. The predicted octanol–water partition coefficient (Wildman–Crippen LogP) is 2.59. The van der Waals surface area contributed by atoms with E-state index in [1.54, 1.807) is 19.1 Å². The fourth-order valence-electron chi connectivity index (χ4n) is 1.18. The largest absolute Gasteiger partial charge is 0.508 e. The van der Waals surface area contributed by atoms with Crippen molar-refractivity contribution in [1.29, 1.82) is 0 Å². The maximum absolute atomic E-state index is 11.5. The number of aryl methyl sites for hydroxylation is 1. The van der Waals surface area contributed by atoms with Crippen LogP contribution in [0.15, 0.2) is 18.2 Å². The topological polar surface area (TPSA) is 58.6 Å². The average molecular weight is 223 g/mol. The van der Waals surface area contributed by atoms with Gasteiger partial charge in [0.25, 0.3) is 0 Å². The highest BCUT2D eigenvalue weighted by atomic mass is 16.6. The molecule has 0 aliphatic rings. The third-order valence-corrected chi connectivity index (χ3v) is 1.84. The monoisotopic (exact) mass is 223 g/mol. The number of benzene rings is 1. The molecule has 1 aromatic carbocycles. The zero-order chi connectivity index (χ0) is 12.3. The molecule has 88 valence electrons. The fraction of sp³-hybridized carbons (Fsp3) is 0.417. The van der Waals surface area contributed by atoms with Crippen molar-refractivity contribution < 1.29 is 14.6 Å². The Morgan fingerprint density at radius 1 is 1.38 bits per heavy atom. The molecule has 2 N–H and O–H groups in total. The standard InChI is InChI=1S/C12H17NO3/c1-8-7-9(14)5-6-10(8)16-11(15)13-12(2,3)4/h5-7,14H,1-4H3,(H,13,15). The van der Waals surface area contributed by atoms with Crippen molar-refractivity contribution in [3.8, 4) is 11.5 Å². The number of nitrogens with one attached hydrogen (secondary N) is 1. The molecule has 1 aromatic rings. The highest BCUT2D eigenvalue weighted by Crippen LogP contribution is 2.22. The number of amides is 1. The summed E-state index contributed by atoms with van der Waals surface area (Å²) in [4.78, 5) is 11.5. The molecule has 0 radical (unpaired) electrons. The minimum atomic E-state index is -0.499. The Morgan fingerprint density at radius 3 is 2.50 bits per heavy atom. The van der Waals surface area contributed by atoms with Crippen LogP contribution in [-0.2, 0) is 0 Å². The second kappa shape index (κ2) is 4.43. The predicted molar refractivity (Wildman–Crippen MR) is 61.8 cm³/mol. The molecular weight excluding hydrogens is 206 g/mol. The number of ether oxygens (including phenoxy) is 1. The number of rotatable bonds is 1. The molecule has 0 aliphatic heterocycles. The quantitative estimate of drug-likeness (QED) is 0.769. The van der Waals surface area contributed by atoms with E-state index in [2.05, 4.69) is 5.32 Å². The minimum Gasteiger partial charge on any atom is -0.508 e. The van der Waals surface area contributed by atoms with E-state index in [0.29, 0.717) is 11.3 Å². The maximum Gasteiger partial charge on any atom is 0.413 e. The van der Waals surface area contributed by atoms with Crippen molar-refractivity contribution in [3.63, 3.8) is 0 Å². The summed E-state index contributed by atoms with van der Waals surface area (Å²) in [5, 5.41) is 11.9. The Morgan fingerprint density at radius 2 is 2.00 bits per heavy atom. The van der Waals surface area contributed by atoms with Gasteiger partial charge in [-0.3, -0.25) is 0 Å². The van der Waals surface area contributed by atoms with Crippen molar-refractivity contribution in [2.75, 3.05) is 0 Å². The number of aromatic hydroxyl groups is 1. The van der Waals surface area contributed by atoms with Crippen LogP contribution in [0.1, 0.15) is 26.3 Å². The van der Waals surface area contributed by atoms with E-state index in [4.69, 9.17) is 4.74 Å². The van der Waals surface area contributed by atoms with E-state index in [1.807, 2.05) is 20.8 Å². The van der Waals surface area contributed by atoms with Gasteiger partial charge in [-0.2, -0.15) is 0 Å². The Labute approximate surface area is 95.2 Å². The van der Waals surface area contributed by atoms with E-state index < -0.39 is 6.09 Å². The molecule has 4 heteroatoms. The molecule has 0 heterocycles. The van der Waals surface area contributed by atoms with Gasteiger partial charge in [0.1, 0.15) is 11.5 Å². The highest BCUT2D eigenvalue weighted by Gasteiger charge is 2.15. The summed E-state index contributed by atoms with van der Waals surface area (Å²) in [6.07, 6.45) is -0.499. The van der Waals surface area contributed by atoms with Gasteiger partial charge in [0, 0.05) is 5.54 Å². The average Bonchev–Trinajstić information content (AvgIpc) is 2.06. The third-order valence-electron chi connectivity index (χ3n) is 1.84. The van der Waals surface area contributed by atoms with Crippen LogP contribution in [-0.4, -0.2) is 16.7 Å². The lowest BCUT2D eigenvalue weighted by atomic mass is 10.1. The zero-order valence-electron chi connectivity index (χ0n) is 10.00. The summed E-state index contributed by atoms with van der Waals surface area (Å²) < 4.78 is 5.12. The first kappa shape index (κ1) is 12.4. The number of hydrogen-bond acceptors (Lipinski definition) is 3. The number of carbonyl (C=O) groups excluding carboxylic acids is 1. The van der Waals surface area contributed by atoms with Crippen molar-refractivity contribution >= 4 is 6.09 Å². The number of phenolic OH excluding ortho intramolecular Hbond substituents is 1. The molecule has 0 aromatic heterocycles. The molecule has 1 amide bonds. The third kappa shape index (κ3) is 3.81. The summed E-state index contributed by atoms with van der Waals surface area (Å²) in [5.41, 5.74) is 0.381. The van der Waals surface area contributed by atoms with Crippen LogP contribution >= 0.6 is 0 Å². The van der Waals surface area contributed by atoms with Crippen molar-refractivity contribution in [3.05, 3.63) is 23.8 Å². The van der Waals surface area contributed by atoms with Crippen LogP contribution in [0.4, 0.5) is 4.79 Å². The van der Waals surface area contributed by atoms with Crippen LogP contribution in [0.2, 0.25) is 0 Å². The van der Waals surface area contributed by atoms with Gasteiger partial charge in [-0.25, -0.2) is 4.79 Å². The molecule has 0 bridgehead atoms. The van der Waals surface area contributed by atoms with E-state index in [1.165, 1.54) is 6.07 Å². The van der Waals surface area contributed by atoms with Gasteiger partial charge in [0.05, 0.1) is 0 Å². The number of phenols is 1. The molecule has 0 atom stereocenters. The van der Waals surface area contributed by atoms with Crippen molar-refractivity contribution in [2.24, 2.45) is 0 Å². The molecular formula is C12H17NO3. The summed E-state index contributed by atoms with van der Waals surface area (Å²) >= 11 is 0. The van der Waals surface area contributed by atoms with E-state index >= 15 is 0 Å². The summed E-state index contributed by atoms with van der Waals surface area (Å²) in [5.74, 6) is 0.598. The van der Waals surface area contributed by atoms with Crippen LogP contribution in [0.3, 0.4) is 0 Å². The Hall–Kier alpha value is -1.71. The molecule has 0 spiro atoms. The molecule has 0 aliphatic carbocycles. The first-order valence-electron chi connectivity index (χ1n) is 5.07. The van der Waals surface area contributed by atoms with Crippen LogP contribution in [0.5, 0.6) is 11.5 Å². The van der Waals surface area contributed by atoms with Crippen LogP contribution in [0, 0.1) is 6.92 Å². The van der Waals surface area contributed by atoms with Gasteiger partial charge in [0.15, 0.2) is 0 Å². The van der Waals surface area contributed by atoms with Crippen LogP contribution < -0.4 is 10.1 Å². The lowest BCUT2D eigenvalue weighted by Crippen LogP contribution is -2.42. The SMILES string of the molecule is Cc1cc(O)ccc1OC(=O)NC(C)(C)C. The van der Waals surface area contributed by atoms with Crippen molar-refractivity contribution in [1.82, 2.24) is 5.32 Å². The van der Waals surface area contributed by atoms with E-state index in [9.17, 15) is 9.90 Å². The fourth-order valence-corrected chi connectivity index (χ4v) is 1.18. The van der Waals surface area contributed by atoms with E-state index in [-0.39, 0.29) is 11.3 Å². The summed E-state index contributed by atoms with van der Waals surface area (Å²) in [7, 11) is 0. The second-order valence-electron chi connectivity index (χ2n) is 4.71. The normalized spacial score (nSPS) is 11.0. The molecule has 0 fully saturated rings. The molecule has 0 saturated carbocycles. The summed E-state index contributed by atoms with van der Waals surface area (Å²) in [6.45, 7) is 7.38. The zero-order valence-corrected chi connectivity index (χ0v) is 10.00. The molecule has 1 rings (SSSR count). The first-order valence-corrected chi connectivity index (χ1v) is 5.07. The number of carbonyl (C=O) groups is 1. The Kier molecular flexibility index (Phi) is 3.42. The van der Waals surface area contributed by atoms with E-state index in [0.717, 1.165) is 0 Å². The molecule has 16 heavy (non-hydrogen) atoms. The first-order chi connectivity index (χ1) is 7.28. The summed E-state index contributed by atoms with van der Waals surface area (Å²) in [6, 6.07) is 4.58. The van der Waals surface area contributed by atoms with Gasteiger partial charge in [0.2, 0.25) is 0 Å². The van der Waals surface area contributed by atoms with Gasteiger partial charge in [-0.15, -0.1) is 0 Å². The highest BCUT2D eigenvalue weighted by molar-refractivity contribution is 5.71. The van der Waals surface area contributed by atoms with Gasteiger partial charge in [-0.05, 0) is 51.5 Å². The van der Waals surface area contributed by atoms with Crippen LogP contribution in [0.25, 0.3) is 0 Å². The van der Waals surface area contributed by atoms with Crippen molar-refractivity contribution in [2.45, 2.75) is 33.2 Å². The molecule has 4 nitrogen and oxygen atoms in total. The lowest BCUT2D eigenvalue weighted by Gasteiger charge is -2.20. The molecule has 0 saturated heterocycles. The minimum absolute atomic E-state index is 0.154. The van der Waals surface area contributed by atoms with Gasteiger partial charge >= 0.3 is 6.09 Å². The number of hydrogen-bond donors (Lipinski definition) is 2. The second-order valence-corrected chi connectivity index (χ2v) is 4.71. The van der Waals surface area contributed by atoms with Gasteiger partial charge < -0.3 is 15.2 Å². The molecule has 0 unspecified atom stereocenters. The Balaban J connectivity index is 2.70. The lowest BCUT2D eigenvalue weighted by molar-refractivity contribution is 0.190.